The number of carbonyl (C=O) groups is 1. The van der Waals surface area contributed by atoms with Crippen LogP contribution in [-0.2, 0) is 4.79 Å². The summed E-state index contributed by atoms with van der Waals surface area (Å²) in [5, 5.41) is 18.9. The van der Waals surface area contributed by atoms with Gasteiger partial charge in [-0.2, -0.15) is 0 Å². The predicted octanol–water partition coefficient (Wildman–Crippen LogP) is -0.0764. The second-order valence-electron chi connectivity index (χ2n) is 3.68. The number of hydrogen-bond acceptors (Lipinski definition) is 4. The molecule has 0 aromatic rings. The summed E-state index contributed by atoms with van der Waals surface area (Å²) in [5.74, 6) is -0.389. The summed E-state index contributed by atoms with van der Waals surface area (Å²) in [6, 6.07) is -0.580. The highest BCUT2D eigenvalue weighted by Crippen LogP contribution is 2.07. The summed E-state index contributed by atoms with van der Waals surface area (Å²) in [4.78, 5) is 13.1. The summed E-state index contributed by atoms with van der Waals surface area (Å²) >= 11 is 0. The lowest BCUT2D eigenvalue weighted by atomic mass is 10.1. The van der Waals surface area contributed by atoms with Crippen LogP contribution in [0.4, 0.5) is 0 Å². The summed E-state index contributed by atoms with van der Waals surface area (Å²) in [5.41, 5.74) is 0. The fourth-order valence-corrected chi connectivity index (χ4v) is 1.14. The highest BCUT2D eigenvalue weighted by molar-refractivity contribution is 5.80. The normalized spacial score (nSPS) is 17.7. The second kappa shape index (κ2) is 5.29. The van der Waals surface area contributed by atoms with Crippen LogP contribution in [0.15, 0.2) is 0 Å². The van der Waals surface area contributed by atoms with Crippen molar-refractivity contribution < 1.29 is 15.1 Å². The number of carbonyl (C=O) groups excluding carboxylic acids is 1. The zero-order valence-electron chi connectivity index (χ0n) is 9.43. The molecular weight excluding hydrogens is 184 g/mol. The molecule has 0 bridgehead atoms. The van der Waals surface area contributed by atoms with Crippen molar-refractivity contribution in [3.05, 3.63) is 0 Å². The van der Waals surface area contributed by atoms with Crippen LogP contribution in [0.2, 0.25) is 0 Å². The number of likely N-dealkylation sites (N-methyl/N-ethyl adjacent to an activating group) is 2. The number of amides is 1. The average Bonchev–Trinajstić information content (AvgIpc) is 2.12. The van der Waals surface area contributed by atoms with E-state index in [9.17, 15) is 9.90 Å². The molecule has 0 fully saturated rings. The van der Waals surface area contributed by atoms with Crippen molar-refractivity contribution in [1.82, 2.24) is 9.96 Å². The molecule has 5 heteroatoms. The van der Waals surface area contributed by atoms with Crippen molar-refractivity contribution in [2.24, 2.45) is 0 Å². The molecule has 0 aliphatic heterocycles. The summed E-state index contributed by atoms with van der Waals surface area (Å²) in [6.07, 6.45) is -0.515. The molecule has 0 radical (unpaired) electrons. The number of nitrogens with zero attached hydrogens (tertiary/aromatic N) is 2. The van der Waals surface area contributed by atoms with Gasteiger partial charge in [-0.25, -0.2) is 5.06 Å². The van der Waals surface area contributed by atoms with Gasteiger partial charge in [0.1, 0.15) is 0 Å². The molecule has 1 amide bonds. The Hall–Kier alpha value is -0.650. The number of hydrogen-bond donors (Lipinski definition) is 2. The Kier molecular flexibility index (Phi) is 5.04. The lowest BCUT2D eigenvalue weighted by Gasteiger charge is -2.32. The van der Waals surface area contributed by atoms with E-state index in [1.165, 1.54) is 7.05 Å². The molecule has 3 unspecified atom stereocenters. The third-order valence-electron chi connectivity index (χ3n) is 2.63. The molecule has 2 N–H and O–H groups in total. The molecule has 5 nitrogen and oxygen atoms in total. The van der Waals surface area contributed by atoms with E-state index in [0.29, 0.717) is 5.06 Å². The van der Waals surface area contributed by atoms with Gasteiger partial charge in [0.05, 0.1) is 12.1 Å². The van der Waals surface area contributed by atoms with Crippen LogP contribution >= 0.6 is 0 Å². The van der Waals surface area contributed by atoms with Crippen molar-refractivity contribution in [2.75, 3.05) is 14.1 Å². The van der Waals surface area contributed by atoms with Gasteiger partial charge in [-0.1, -0.05) is 0 Å². The largest absolute Gasteiger partial charge is 0.392 e. The van der Waals surface area contributed by atoms with Crippen LogP contribution in [0.25, 0.3) is 0 Å². The minimum atomic E-state index is -0.515. The second-order valence-corrected chi connectivity index (χ2v) is 3.68. The first-order chi connectivity index (χ1) is 6.29. The molecule has 0 aliphatic rings. The van der Waals surface area contributed by atoms with Gasteiger partial charge in [-0.15, -0.1) is 0 Å². The van der Waals surface area contributed by atoms with E-state index in [4.69, 9.17) is 5.21 Å². The van der Waals surface area contributed by atoms with Crippen LogP contribution in [0.3, 0.4) is 0 Å². The maximum atomic E-state index is 11.4. The molecule has 3 atom stereocenters. The summed E-state index contributed by atoms with van der Waals surface area (Å²) in [7, 11) is 3.03. The third-order valence-corrected chi connectivity index (χ3v) is 2.63. The van der Waals surface area contributed by atoms with Crippen molar-refractivity contribution in [1.29, 1.82) is 0 Å². The molecular formula is C9H20N2O3. The van der Waals surface area contributed by atoms with Crippen LogP contribution in [-0.4, -0.2) is 58.5 Å². The minimum absolute atomic E-state index is 0.131. The van der Waals surface area contributed by atoms with Gasteiger partial charge in [0.25, 0.3) is 5.91 Å². The third kappa shape index (κ3) is 3.25. The average molecular weight is 204 g/mol. The molecule has 84 valence electrons. The molecule has 0 aliphatic carbocycles. The Balaban J connectivity index is 4.38. The zero-order valence-corrected chi connectivity index (χ0v) is 9.43. The van der Waals surface area contributed by atoms with E-state index in [1.807, 2.05) is 6.92 Å². The predicted molar refractivity (Wildman–Crippen MR) is 52.9 cm³/mol. The van der Waals surface area contributed by atoms with Crippen molar-refractivity contribution in [3.8, 4) is 0 Å². The van der Waals surface area contributed by atoms with Gasteiger partial charge in [-0.05, 0) is 27.8 Å². The Morgan fingerprint density at radius 2 is 1.64 bits per heavy atom. The lowest BCUT2D eigenvalue weighted by Crippen LogP contribution is -2.49. The quantitative estimate of drug-likeness (QED) is 0.497. The standard InChI is InChI=1S/C9H20N2O3/c1-6(8(3)12)10(4)7(2)9(13)11(5)14/h6-8,12,14H,1-5H3. The maximum absolute atomic E-state index is 11.4. The molecule has 0 saturated carbocycles. The van der Waals surface area contributed by atoms with E-state index in [1.54, 1.807) is 25.8 Å². The summed E-state index contributed by atoms with van der Waals surface area (Å²) < 4.78 is 0. The first-order valence-corrected chi connectivity index (χ1v) is 4.65. The number of aliphatic hydroxyl groups excluding tert-OH is 1. The van der Waals surface area contributed by atoms with Gasteiger partial charge < -0.3 is 5.11 Å². The maximum Gasteiger partial charge on any atom is 0.262 e. The Labute approximate surface area is 84.9 Å². The van der Waals surface area contributed by atoms with Gasteiger partial charge >= 0.3 is 0 Å². The monoisotopic (exact) mass is 204 g/mol. The van der Waals surface area contributed by atoms with Crippen molar-refractivity contribution in [3.63, 3.8) is 0 Å². The molecule has 14 heavy (non-hydrogen) atoms. The van der Waals surface area contributed by atoms with Crippen LogP contribution in [0.5, 0.6) is 0 Å². The van der Waals surface area contributed by atoms with E-state index >= 15 is 0 Å². The van der Waals surface area contributed by atoms with Gasteiger partial charge in [-0.3, -0.25) is 14.9 Å². The first kappa shape index (κ1) is 13.4. The molecule has 0 aromatic heterocycles. The highest BCUT2D eigenvalue weighted by atomic mass is 16.5. The zero-order chi connectivity index (χ0) is 11.5. The lowest BCUT2D eigenvalue weighted by molar-refractivity contribution is -0.165. The molecule has 0 heterocycles. The molecule has 0 aromatic carbocycles. The van der Waals surface area contributed by atoms with Gasteiger partial charge in [0.15, 0.2) is 0 Å². The van der Waals surface area contributed by atoms with Gasteiger partial charge in [0.2, 0.25) is 0 Å². The molecule has 0 rings (SSSR count). The minimum Gasteiger partial charge on any atom is -0.392 e. The topological polar surface area (TPSA) is 64.0 Å². The van der Waals surface area contributed by atoms with Crippen LogP contribution < -0.4 is 0 Å². The summed E-state index contributed by atoms with van der Waals surface area (Å²) in [6.45, 7) is 5.18. The van der Waals surface area contributed by atoms with E-state index in [0.717, 1.165) is 0 Å². The van der Waals surface area contributed by atoms with E-state index in [2.05, 4.69) is 0 Å². The Bertz CT molecular complexity index is 194. The SMILES string of the molecule is CC(O)C(C)N(C)C(C)C(=O)N(C)O. The Morgan fingerprint density at radius 3 is 1.93 bits per heavy atom. The van der Waals surface area contributed by atoms with Crippen molar-refractivity contribution >= 4 is 5.91 Å². The number of hydroxylamine groups is 2. The number of rotatable bonds is 4. The number of aliphatic hydroxyl groups is 1. The molecule has 0 spiro atoms. The van der Waals surface area contributed by atoms with Crippen LogP contribution in [0, 0.1) is 0 Å². The fraction of sp³-hybridized carbons (Fsp3) is 0.889. The highest BCUT2D eigenvalue weighted by Gasteiger charge is 2.26. The van der Waals surface area contributed by atoms with Crippen molar-refractivity contribution in [2.45, 2.75) is 39.0 Å². The smallest absolute Gasteiger partial charge is 0.262 e. The fourth-order valence-electron chi connectivity index (χ4n) is 1.14. The first-order valence-electron chi connectivity index (χ1n) is 4.65. The molecule has 0 saturated heterocycles. The van der Waals surface area contributed by atoms with E-state index in [-0.39, 0.29) is 11.9 Å². The Morgan fingerprint density at radius 1 is 1.21 bits per heavy atom. The van der Waals surface area contributed by atoms with Crippen LogP contribution in [0.1, 0.15) is 20.8 Å². The van der Waals surface area contributed by atoms with E-state index < -0.39 is 12.1 Å². The van der Waals surface area contributed by atoms with Gasteiger partial charge in [0, 0.05) is 13.1 Å².